The topological polar surface area (TPSA) is 55.9 Å². The van der Waals surface area contributed by atoms with Gasteiger partial charge in [0.25, 0.3) is 0 Å². The van der Waals surface area contributed by atoms with Crippen LogP contribution in [0, 0.1) is 17.8 Å². The quantitative estimate of drug-likeness (QED) is 0.834. The molecule has 4 aliphatic rings. The highest BCUT2D eigenvalue weighted by Gasteiger charge is 2.42. The minimum atomic E-state index is 0.0479. The van der Waals surface area contributed by atoms with Crippen LogP contribution in [-0.2, 0) is 4.79 Å². The molecule has 3 atom stereocenters. The smallest absolute Gasteiger partial charge is 0.317 e. The molecule has 0 spiro atoms. The van der Waals surface area contributed by atoms with Crippen LogP contribution in [-0.4, -0.2) is 78.5 Å². The Bertz CT molecular complexity index is 499. The van der Waals surface area contributed by atoms with E-state index in [4.69, 9.17) is 0 Å². The second-order valence-electron chi connectivity index (χ2n) is 8.20. The molecule has 4 fully saturated rings. The normalized spacial score (nSPS) is 33.6. The predicted molar refractivity (Wildman–Crippen MR) is 91.5 cm³/mol. The fraction of sp³-hybridized carbons (Fsp3) is 0.889. The maximum Gasteiger partial charge on any atom is 0.317 e. The fourth-order valence-corrected chi connectivity index (χ4v) is 4.17. The lowest BCUT2D eigenvalue weighted by Crippen LogP contribution is -2.54. The van der Waals surface area contributed by atoms with Crippen molar-refractivity contribution < 1.29 is 9.59 Å². The lowest BCUT2D eigenvalue weighted by Gasteiger charge is -2.35. The fourth-order valence-electron chi connectivity index (χ4n) is 4.17. The van der Waals surface area contributed by atoms with Crippen LogP contribution in [0.5, 0.6) is 0 Å². The number of hydrogen-bond donors (Lipinski definition) is 1. The number of carbonyl (C=O) groups is 2. The monoisotopic (exact) mass is 334 g/mol. The van der Waals surface area contributed by atoms with Crippen molar-refractivity contribution in [1.29, 1.82) is 0 Å². The molecule has 2 saturated heterocycles. The number of piperazine rings is 1. The SMILES string of the molecule is CC1CC1C(=O)N1CCN(C(=O)NCC2CCN(C3CC3)C2)CC1. The van der Waals surface area contributed by atoms with Crippen molar-refractivity contribution in [2.75, 3.05) is 45.8 Å². The molecule has 3 amide bonds. The molecule has 134 valence electrons. The van der Waals surface area contributed by atoms with Crippen LogP contribution in [0.3, 0.4) is 0 Å². The van der Waals surface area contributed by atoms with Crippen molar-refractivity contribution in [3.05, 3.63) is 0 Å². The largest absolute Gasteiger partial charge is 0.339 e. The molecule has 0 aromatic heterocycles. The molecule has 0 bridgehead atoms. The Morgan fingerprint density at radius 1 is 1.00 bits per heavy atom. The van der Waals surface area contributed by atoms with Gasteiger partial charge in [-0.15, -0.1) is 0 Å². The third kappa shape index (κ3) is 3.53. The minimum absolute atomic E-state index is 0.0479. The van der Waals surface area contributed by atoms with Gasteiger partial charge in [-0.25, -0.2) is 4.79 Å². The van der Waals surface area contributed by atoms with Crippen LogP contribution >= 0.6 is 0 Å². The number of amides is 3. The van der Waals surface area contributed by atoms with Crippen molar-refractivity contribution >= 4 is 11.9 Å². The maximum atomic E-state index is 12.4. The first kappa shape index (κ1) is 16.2. The van der Waals surface area contributed by atoms with Crippen LogP contribution in [0.4, 0.5) is 4.79 Å². The highest BCUT2D eigenvalue weighted by atomic mass is 16.2. The van der Waals surface area contributed by atoms with Gasteiger partial charge in [-0.1, -0.05) is 6.92 Å². The van der Waals surface area contributed by atoms with E-state index < -0.39 is 0 Å². The van der Waals surface area contributed by atoms with E-state index in [1.54, 1.807) is 0 Å². The Hall–Kier alpha value is -1.30. The first-order valence-corrected chi connectivity index (χ1v) is 9.67. The standard InChI is InChI=1S/C18H30N4O2/c1-13-10-16(13)17(23)20-6-8-21(9-7-20)18(24)19-11-14-4-5-22(12-14)15-2-3-15/h13-16H,2-12H2,1H3,(H,19,24). The van der Waals surface area contributed by atoms with Crippen molar-refractivity contribution in [1.82, 2.24) is 20.0 Å². The molecule has 2 aliphatic carbocycles. The van der Waals surface area contributed by atoms with Gasteiger partial charge < -0.3 is 20.0 Å². The molecule has 0 aromatic rings. The zero-order valence-electron chi connectivity index (χ0n) is 14.7. The molecule has 0 aromatic carbocycles. The van der Waals surface area contributed by atoms with E-state index in [9.17, 15) is 9.59 Å². The summed E-state index contributed by atoms with van der Waals surface area (Å²) in [6, 6.07) is 0.886. The van der Waals surface area contributed by atoms with E-state index >= 15 is 0 Å². The van der Waals surface area contributed by atoms with Gasteiger partial charge in [0.1, 0.15) is 0 Å². The van der Waals surface area contributed by atoms with E-state index in [1.807, 2.05) is 9.80 Å². The first-order chi connectivity index (χ1) is 11.6. The summed E-state index contributed by atoms with van der Waals surface area (Å²) in [6.45, 7) is 7.98. The number of nitrogens with zero attached hydrogens (tertiary/aromatic N) is 3. The Labute approximate surface area is 144 Å². The highest BCUT2D eigenvalue weighted by Crippen LogP contribution is 2.39. The number of likely N-dealkylation sites (tertiary alicyclic amines) is 1. The summed E-state index contributed by atoms with van der Waals surface area (Å²) in [5.41, 5.74) is 0. The molecule has 2 heterocycles. The lowest BCUT2D eigenvalue weighted by molar-refractivity contribution is -0.134. The third-order valence-corrected chi connectivity index (χ3v) is 6.23. The molecule has 24 heavy (non-hydrogen) atoms. The molecule has 2 saturated carbocycles. The van der Waals surface area contributed by atoms with Gasteiger partial charge in [-0.05, 0) is 44.1 Å². The zero-order chi connectivity index (χ0) is 16.7. The summed E-state index contributed by atoms with van der Waals surface area (Å²) in [4.78, 5) is 31.0. The van der Waals surface area contributed by atoms with Gasteiger partial charge in [-0.3, -0.25) is 4.79 Å². The van der Waals surface area contributed by atoms with Crippen LogP contribution in [0.2, 0.25) is 0 Å². The highest BCUT2D eigenvalue weighted by molar-refractivity contribution is 5.82. The van der Waals surface area contributed by atoms with E-state index in [1.165, 1.54) is 25.8 Å². The number of rotatable bonds is 4. The summed E-state index contributed by atoms with van der Waals surface area (Å²) in [5, 5.41) is 3.12. The Balaban J connectivity index is 1.16. The average Bonchev–Trinajstić information content (AvgIpc) is 3.52. The number of carbonyl (C=O) groups excluding carboxylic acids is 2. The van der Waals surface area contributed by atoms with Gasteiger partial charge in [0.05, 0.1) is 0 Å². The molecule has 2 aliphatic heterocycles. The van der Waals surface area contributed by atoms with Crippen molar-refractivity contribution in [2.24, 2.45) is 17.8 Å². The molecule has 6 nitrogen and oxygen atoms in total. The van der Waals surface area contributed by atoms with E-state index in [0.29, 0.717) is 43.9 Å². The van der Waals surface area contributed by atoms with Crippen molar-refractivity contribution in [3.63, 3.8) is 0 Å². The van der Waals surface area contributed by atoms with Gasteiger partial charge in [0, 0.05) is 51.2 Å². The van der Waals surface area contributed by atoms with Crippen molar-refractivity contribution in [3.8, 4) is 0 Å². The molecule has 3 unspecified atom stereocenters. The van der Waals surface area contributed by atoms with Crippen LogP contribution < -0.4 is 5.32 Å². The zero-order valence-corrected chi connectivity index (χ0v) is 14.7. The molecule has 6 heteroatoms. The third-order valence-electron chi connectivity index (χ3n) is 6.23. The number of urea groups is 1. The molecule has 0 radical (unpaired) electrons. The molecule has 1 N–H and O–H groups in total. The molecule has 4 rings (SSSR count). The molecular weight excluding hydrogens is 304 g/mol. The second kappa shape index (κ2) is 6.54. The number of nitrogens with one attached hydrogen (secondary N) is 1. The summed E-state index contributed by atoms with van der Waals surface area (Å²) in [7, 11) is 0. The Morgan fingerprint density at radius 3 is 2.29 bits per heavy atom. The van der Waals surface area contributed by atoms with Gasteiger partial charge in [0.15, 0.2) is 0 Å². The summed E-state index contributed by atoms with van der Waals surface area (Å²) in [5.74, 6) is 1.71. The summed E-state index contributed by atoms with van der Waals surface area (Å²) < 4.78 is 0. The van der Waals surface area contributed by atoms with Crippen molar-refractivity contribution in [2.45, 2.75) is 38.6 Å². The van der Waals surface area contributed by atoms with E-state index in [-0.39, 0.29) is 11.9 Å². The summed E-state index contributed by atoms with van der Waals surface area (Å²) >= 11 is 0. The first-order valence-electron chi connectivity index (χ1n) is 9.67. The van der Waals surface area contributed by atoms with E-state index in [0.717, 1.165) is 25.6 Å². The Morgan fingerprint density at radius 2 is 1.67 bits per heavy atom. The maximum absolute atomic E-state index is 12.4. The van der Waals surface area contributed by atoms with Crippen LogP contribution in [0.15, 0.2) is 0 Å². The van der Waals surface area contributed by atoms with E-state index in [2.05, 4.69) is 17.1 Å². The lowest BCUT2D eigenvalue weighted by atomic mass is 10.1. The van der Waals surface area contributed by atoms with Crippen LogP contribution in [0.25, 0.3) is 0 Å². The second-order valence-corrected chi connectivity index (χ2v) is 8.20. The summed E-state index contributed by atoms with van der Waals surface area (Å²) in [6.07, 6.45) is 4.97. The van der Waals surface area contributed by atoms with Gasteiger partial charge in [0.2, 0.25) is 5.91 Å². The minimum Gasteiger partial charge on any atom is -0.339 e. The molecular formula is C18H30N4O2. The predicted octanol–water partition coefficient (Wildman–Crippen LogP) is 0.981. The van der Waals surface area contributed by atoms with Gasteiger partial charge >= 0.3 is 6.03 Å². The average molecular weight is 334 g/mol. The van der Waals surface area contributed by atoms with Crippen LogP contribution in [0.1, 0.15) is 32.6 Å². The Kier molecular flexibility index (Phi) is 4.41. The van der Waals surface area contributed by atoms with Gasteiger partial charge in [-0.2, -0.15) is 0 Å². The number of hydrogen-bond acceptors (Lipinski definition) is 3.